The standard InChI is InChI=1S/C72H50N4.C36H28N2.C12H8Br2.C12H11N.2CH4.B.2FH/c1-5-17-51(18-6-1)53-29-37-59(38-30-53)73(63-45-47-71-67(49-63)65-25-13-15-27-69(65)75(71)57-21-9-3-10-22-57)61-41-33-55(34-42-61)56-35-43-62(44-36-56)74(60-39-31-54(32-40-60)52-19-7-2-8-20-52)64-46-48-72-68(50-64)66-26-14-16-28-70(66)76(72)58-23-11-4-12-24-58;1-3-7-27(8-4-1)29-11-19-33(20-12-29)37-35-23-15-31(16-24-35)32-17-25-36(26-18-32)38-34-21-13-30(14-22-34)28-9-5-2-6-10-28;13-11-5-1-9(2-6-11)10-3-7-12(14)8-4-10;13-12-8-6-11(7-9-12)10-4-2-1-3-5-10;;;;;/h1-50H;1-26,37-38H;1-8H;1-9H,13H2;2*1H4;;2*1H. The van der Waals surface area contributed by atoms with Crippen molar-refractivity contribution >= 4 is 146 Å². The van der Waals surface area contributed by atoms with Crippen molar-refractivity contribution < 1.29 is 9.41 Å². The number of nitrogens with two attached hydrogens (primary N) is 1. The van der Waals surface area contributed by atoms with Gasteiger partial charge in [-0.1, -0.05) is 405 Å². The first-order valence-electron chi connectivity index (χ1n) is 47.4. The van der Waals surface area contributed by atoms with Gasteiger partial charge in [0, 0.05) is 113 Å². The van der Waals surface area contributed by atoms with Gasteiger partial charge in [-0.25, -0.2) is 0 Å². The molecule has 12 heteroatoms. The van der Waals surface area contributed by atoms with E-state index in [-0.39, 0.29) is 32.7 Å². The predicted octanol–water partition coefficient (Wildman–Crippen LogP) is 39.0. The Morgan fingerprint density at radius 2 is 0.356 bits per heavy atom. The minimum Gasteiger partial charge on any atom is -0.399 e. The molecule has 0 atom stereocenters. The average Bonchev–Trinajstić information content (AvgIpc) is 1.58. The molecule has 0 aliphatic heterocycles. The van der Waals surface area contributed by atoms with Crippen LogP contribution in [0.5, 0.6) is 0 Å². The largest absolute Gasteiger partial charge is 0.399 e. The number of aromatic nitrogens is 2. The first-order valence-corrected chi connectivity index (χ1v) is 49.0. The highest BCUT2D eigenvalue weighted by atomic mass is 79.9. The molecule has 2 heterocycles. The number of nitrogens with zero attached hydrogens (tertiary/aromatic N) is 4. The first kappa shape index (κ1) is 101. The molecular formula is C134H107BBr2F2N7. The molecule has 4 N–H and O–H groups in total. The molecule has 0 fully saturated rings. The molecule has 0 unspecified atom stereocenters. The fraction of sp³-hybridized carbons (Fsp3) is 0.0149. The monoisotopic (exact) mass is 2020 g/mol. The number of rotatable bonds is 20. The minimum atomic E-state index is 0. The summed E-state index contributed by atoms with van der Waals surface area (Å²) in [6.07, 6.45) is 0. The summed E-state index contributed by atoms with van der Waals surface area (Å²) in [6.45, 7) is 0. The van der Waals surface area contributed by atoms with Crippen molar-refractivity contribution in [3.05, 3.63) is 573 Å². The lowest BCUT2D eigenvalue weighted by atomic mass is 10.0. The van der Waals surface area contributed by atoms with Crippen molar-refractivity contribution in [2.24, 2.45) is 0 Å². The normalized spacial score (nSPS) is 10.6. The molecule has 3 radical (unpaired) electrons. The highest BCUT2D eigenvalue weighted by molar-refractivity contribution is 9.10. The van der Waals surface area contributed by atoms with E-state index in [0.717, 1.165) is 94.0 Å². The number of benzene rings is 22. The summed E-state index contributed by atoms with van der Waals surface area (Å²) in [7, 11) is 0. The van der Waals surface area contributed by atoms with Gasteiger partial charge >= 0.3 is 0 Å². The van der Waals surface area contributed by atoms with Gasteiger partial charge in [-0.15, -0.1) is 0 Å². The first-order chi connectivity index (χ1) is 69.6. The Balaban J connectivity index is 0.000000179. The average molecular weight is 2020 g/mol. The fourth-order valence-electron chi connectivity index (χ4n) is 18.4. The quantitative estimate of drug-likeness (QED) is 0.0524. The zero-order valence-electron chi connectivity index (χ0n) is 78.7. The van der Waals surface area contributed by atoms with Crippen LogP contribution in [0.3, 0.4) is 0 Å². The Bertz CT molecular complexity index is 7840. The van der Waals surface area contributed by atoms with E-state index >= 15 is 0 Å². The lowest BCUT2D eigenvalue weighted by molar-refractivity contribution is 1.11. The van der Waals surface area contributed by atoms with Crippen LogP contribution in [0.4, 0.5) is 72.0 Å². The van der Waals surface area contributed by atoms with E-state index in [1.54, 1.807) is 0 Å². The van der Waals surface area contributed by atoms with Gasteiger partial charge in [0.25, 0.3) is 0 Å². The maximum absolute atomic E-state index is 5.60. The minimum absolute atomic E-state index is 0. The van der Waals surface area contributed by atoms with E-state index in [2.05, 4.69) is 571 Å². The van der Waals surface area contributed by atoms with Crippen LogP contribution in [0.25, 0.3) is 144 Å². The smallest absolute Gasteiger partial charge is 0.0542 e. The summed E-state index contributed by atoms with van der Waals surface area (Å²) in [5, 5.41) is 11.9. The number of nitrogen functional groups attached to an aromatic ring is 1. The topological polar surface area (TPSA) is 66.4 Å². The van der Waals surface area contributed by atoms with Crippen LogP contribution in [0, 0.1) is 0 Å². The number of anilines is 11. The van der Waals surface area contributed by atoms with E-state index in [1.807, 2.05) is 54.6 Å². The van der Waals surface area contributed by atoms with Crippen molar-refractivity contribution in [2.75, 3.05) is 26.2 Å². The van der Waals surface area contributed by atoms with E-state index in [0.29, 0.717) is 0 Å². The lowest BCUT2D eigenvalue weighted by Crippen LogP contribution is -2.10. The van der Waals surface area contributed by atoms with E-state index in [4.69, 9.17) is 5.73 Å². The number of hydrogen-bond donors (Lipinski definition) is 3. The van der Waals surface area contributed by atoms with Gasteiger partial charge in [0.05, 0.1) is 22.1 Å². The molecule has 24 rings (SSSR count). The van der Waals surface area contributed by atoms with Gasteiger partial charge < -0.3 is 35.3 Å². The van der Waals surface area contributed by atoms with Crippen molar-refractivity contribution in [2.45, 2.75) is 14.9 Å². The number of hydrogen-bond acceptors (Lipinski definition) is 5. The number of nitrogens with one attached hydrogen (secondary N) is 2. The Morgan fingerprint density at radius 3 is 0.596 bits per heavy atom. The van der Waals surface area contributed by atoms with E-state index in [1.165, 1.54) is 122 Å². The van der Waals surface area contributed by atoms with Crippen LogP contribution >= 0.6 is 31.9 Å². The highest BCUT2D eigenvalue weighted by Gasteiger charge is 2.22. The molecule has 22 aromatic carbocycles. The maximum Gasteiger partial charge on any atom is 0.0542 e. The second kappa shape index (κ2) is 47.7. The summed E-state index contributed by atoms with van der Waals surface area (Å²) < 4.78 is 6.97. The summed E-state index contributed by atoms with van der Waals surface area (Å²) in [5.41, 5.74) is 43.4. The molecule has 7 nitrogen and oxygen atoms in total. The maximum atomic E-state index is 5.60. The van der Waals surface area contributed by atoms with Gasteiger partial charge in [0.2, 0.25) is 0 Å². The number of fused-ring (bicyclic) bond motifs is 6. The molecule has 0 spiro atoms. The number of halogens is 4. The molecule has 0 saturated carbocycles. The molecule has 24 aromatic rings. The summed E-state index contributed by atoms with van der Waals surface area (Å²) in [5.74, 6) is 0. The third kappa shape index (κ3) is 23.2. The van der Waals surface area contributed by atoms with Gasteiger partial charge in [0.15, 0.2) is 0 Å². The summed E-state index contributed by atoms with van der Waals surface area (Å²) in [6, 6.07) is 200. The van der Waals surface area contributed by atoms with E-state index in [9.17, 15) is 0 Å². The van der Waals surface area contributed by atoms with Gasteiger partial charge in [-0.05, 0) is 295 Å². The van der Waals surface area contributed by atoms with Gasteiger partial charge in [-0.2, -0.15) is 0 Å². The molecule has 0 aliphatic carbocycles. The Labute approximate surface area is 872 Å². The van der Waals surface area contributed by atoms with Crippen LogP contribution in [0.2, 0.25) is 0 Å². The SMILES string of the molecule is Brc1ccc(-c2ccc(Br)cc2)cc1.C.C.F.F.Nc1ccc(-c2ccccc2)cc1.[B].c1ccc(-c2ccc(N(c3ccc(-c4ccc(N(c5ccc(-c6ccccc6)cc5)c5ccc6c(c5)c5ccccc5n6-c5ccccc5)cc4)cc3)c3ccc4c(c3)c3ccccc3n4-c3ccccc3)cc2)cc1.c1ccc(-c2ccc(Nc3ccc(-c4ccc(Nc5ccc(-c6ccccc6)cc5)cc4)cc3)cc2)cc1. The highest BCUT2D eigenvalue weighted by Crippen LogP contribution is 2.45. The summed E-state index contributed by atoms with van der Waals surface area (Å²) >= 11 is 6.84. The van der Waals surface area contributed by atoms with Gasteiger partial charge in [-0.3, -0.25) is 9.41 Å². The second-order valence-electron chi connectivity index (χ2n) is 34.7. The fourth-order valence-corrected chi connectivity index (χ4v) is 19.0. The van der Waals surface area contributed by atoms with E-state index < -0.39 is 0 Å². The molecule has 0 saturated heterocycles. The summed E-state index contributed by atoms with van der Waals surface area (Å²) in [4.78, 5) is 4.76. The molecule has 0 bridgehead atoms. The van der Waals surface area contributed by atoms with Crippen molar-refractivity contribution in [1.82, 2.24) is 9.13 Å². The molecule has 0 aliphatic rings. The lowest BCUT2D eigenvalue weighted by Gasteiger charge is -2.27. The van der Waals surface area contributed by atoms with Gasteiger partial charge in [0.1, 0.15) is 0 Å². The van der Waals surface area contributed by atoms with Crippen LogP contribution in [0.15, 0.2) is 573 Å². The van der Waals surface area contributed by atoms with Crippen molar-refractivity contribution in [1.29, 1.82) is 0 Å². The Hall–Kier alpha value is -17.7. The van der Waals surface area contributed by atoms with Crippen LogP contribution in [0.1, 0.15) is 14.9 Å². The predicted molar refractivity (Wildman–Crippen MR) is 631 cm³/mol. The van der Waals surface area contributed by atoms with Crippen LogP contribution < -0.4 is 26.2 Å². The molecule has 146 heavy (non-hydrogen) atoms. The molecule has 709 valence electrons. The van der Waals surface area contributed by atoms with Crippen molar-refractivity contribution in [3.63, 3.8) is 0 Å². The second-order valence-corrected chi connectivity index (χ2v) is 36.5. The molecule has 0 amide bonds. The Kier molecular flexibility index (Phi) is 33.1. The Morgan fingerprint density at radius 1 is 0.178 bits per heavy atom. The van der Waals surface area contributed by atoms with Crippen LogP contribution in [-0.4, -0.2) is 17.5 Å². The third-order valence-corrected chi connectivity index (χ3v) is 26.7. The third-order valence-electron chi connectivity index (χ3n) is 25.6. The molecule has 2 aromatic heterocycles. The zero-order chi connectivity index (χ0) is 95.0. The molecular weight excluding hydrogens is 1920 g/mol. The van der Waals surface area contributed by atoms with Crippen molar-refractivity contribution in [3.8, 4) is 100 Å². The number of para-hydroxylation sites is 4. The zero-order valence-corrected chi connectivity index (χ0v) is 81.9. The van der Waals surface area contributed by atoms with Crippen LogP contribution in [-0.2, 0) is 0 Å².